The first-order valence-electron chi connectivity index (χ1n) is 8.44. The van der Waals surface area contributed by atoms with E-state index in [9.17, 15) is 5.26 Å². The van der Waals surface area contributed by atoms with E-state index < -0.39 is 5.92 Å². The fourth-order valence-electron chi connectivity index (χ4n) is 3.38. The molecule has 2 aliphatic heterocycles. The average molecular weight is 362 g/mol. The summed E-state index contributed by atoms with van der Waals surface area (Å²) in [6.45, 7) is 0.852. The minimum Gasteiger partial charge on any atom is -0.497 e. The molecule has 2 aliphatic rings. The van der Waals surface area contributed by atoms with Crippen LogP contribution in [0.15, 0.2) is 53.5 Å². The van der Waals surface area contributed by atoms with Crippen LogP contribution in [0.1, 0.15) is 17.2 Å². The number of thioether (sulfide) groups is 1. The molecule has 1 N–H and O–H groups in total. The van der Waals surface area contributed by atoms with E-state index in [1.54, 1.807) is 7.11 Å². The third kappa shape index (κ3) is 2.85. The first kappa shape index (κ1) is 16.7. The quantitative estimate of drug-likeness (QED) is 0.876. The molecule has 0 amide bonds. The first-order valence-corrected chi connectivity index (χ1v) is 9.26. The predicted molar refractivity (Wildman–Crippen MR) is 105 cm³/mol. The molecule has 0 aromatic heterocycles. The fraction of sp³-hybridized carbons (Fsp3) is 0.250. The summed E-state index contributed by atoms with van der Waals surface area (Å²) in [7, 11) is 1.63. The molecule has 2 atom stereocenters. The number of hydrogen-bond acceptors (Lipinski definition) is 6. The van der Waals surface area contributed by atoms with Crippen LogP contribution in [0.4, 0.5) is 5.69 Å². The van der Waals surface area contributed by atoms with Crippen LogP contribution < -0.4 is 9.64 Å². The zero-order chi connectivity index (χ0) is 18.1. The largest absolute Gasteiger partial charge is 0.497 e. The number of aliphatic imine (C=N–C) groups is 1. The number of nitriles is 1. The molecule has 0 aliphatic carbocycles. The standard InChI is InChI=1S/C20H18N4OS/c1-25-15-8-6-14(7-9-15)18-16(12-21)19(22)26-20(23-18)24-11-10-13-4-2-3-5-17(13)24/h2-9,16,18,22H,10-11H2,1H3/t16-,18+/m0/s1. The maximum Gasteiger partial charge on any atom is 0.170 e. The third-order valence-corrected chi connectivity index (χ3v) is 5.75. The molecular weight excluding hydrogens is 344 g/mol. The third-order valence-electron chi connectivity index (χ3n) is 4.76. The number of nitrogens with one attached hydrogen (secondary N) is 1. The van der Waals surface area contributed by atoms with Crippen LogP contribution in [0.2, 0.25) is 0 Å². The lowest BCUT2D eigenvalue weighted by Gasteiger charge is -2.30. The normalized spacial score (nSPS) is 21.8. The first-order chi connectivity index (χ1) is 12.7. The Bertz CT molecular complexity index is 916. The van der Waals surface area contributed by atoms with E-state index in [4.69, 9.17) is 15.1 Å². The van der Waals surface area contributed by atoms with Gasteiger partial charge in [-0.25, -0.2) is 0 Å². The number of rotatable bonds is 2. The Morgan fingerprint density at radius 1 is 1.23 bits per heavy atom. The van der Waals surface area contributed by atoms with Crippen LogP contribution in [0.5, 0.6) is 5.75 Å². The smallest absolute Gasteiger partial charge is 0.170 e. The van der Waals surface area contributed by atoms with Gasteiger partial charge in [-0.1, -0.05) is 30.3 Å². The Balaban J connectivity index is 1.73. The molecule has 130 valence electrons. The summed E-state index contributed by atoms with van der Waals surface area (Å²) in [5.41, 5.74) is 3.37. The summed E-state index contributed by atoms with van der Waals surface area (Å²) in [4.78, 5) is 7.06. The second kappa shape index (κ2) is 6.85. The van der Waals surface area contributed by atoms with Crippen molar-refractivity contribution in [2.24, 2.45) is 10.9 Å². The predicted octanol–water partition coefficient (Wildman–Crippen LogP) is 4.02. The van der Waals surface area contributed by atoms with Crippen LogP contribution in [0.25, 0.3) is 0 Å². The van der Waals surface area contributed by atoms with Gasteiger partial charge in [0.15, 0.2) is 5.17 Å². The molecule has 0 radical (unpaired) electrons. The molecule has 4 rings (SSSR count). The van der Waals surface area contributed by atoms with Crippen LogP contribution in [0, 0.1) is 22.7 Å². The minimum atomic E-state index is -0.560. The van der Waals surface area contributed by atoms with Crippen molar-refractivity contribution in [3.05, 3.63) is 59.7 Å². The van der Waals surface area contributed by atoms with Crippen molar-refractivity contribution in [3.63, 3.8) is 0 Å². The Labute approximate surface area is 156 Å². The van der Waals surface area contributed by atoms with Gasteiger partial charge in [0.05, 0.1) is 24.3 Å². The highest BCUT2D eigenvalue weighted by molar-refractivity contribution is 8.26. The molecule has 2 aromatic carbocycles. The maximum atomic E-state index is 9.59. The second-order valence-corrected chi connectivity index (χ2v) is 7.24. The minimum absolute atomic E-state index is 0.350. The van der Waals surface area contributed by atoms with Gasteiger partial charge in [-0.05, 0) is 47.5 Å². The summed E-state index contributed by atoms with van der Waals surface area (Å²) in [6, 6.07) is 17.8. The Morgan fingerprint density at radius 3 is 2.73 bits per heavy atom. The van der Waals surface area contributed by atoms with E-state index in [2.05, 4.69) is 23.1 Å². The summed E-state index contributed by atoms with van der Waals surface area (Å²) in [5.74, 6) is 0.204. The topological polar surface area (TPSA) is 72.5 Å². The molecule has 0 saturated heterocycles. The summed E-state index contributed by atoms with van der Waals surface area (Å²) >= 11 is 1.30. The highest BCUT2D eigenvalue weighted by atomic mass is 32.2. The number of benzene rings is 2. The van der Waals surface area contributed by atoms with Crippen molar-refractivity contribution < 1.29 is 4.74 Å². The Kier molecular flexibility index (Phi) is 4.39. The van der Waals surface area contributed by atoms with Gasteiger partial charge in [-0.3, -0.25) is 10.4 Å². The van der Waals surface area contributed by atoms with Gasteiger partial charge in [0.2, 0.25) is 0 Å². The van der Waals surface area contributed by atoms with Gasteiger partial charge in [0, 0.05) is 12.2 Å². The van der Waals surface area contributed by atoms with Gasteiger partial charge in [0.25, 0.3) is 0 Å². The molecule has 26 heavy (non-hydrogen) atoms. The molecule has 2 heterocycles. The number of hydrogen-bond donors (Lipinski definition) is 1. The van der Waals surface area contributed by atoms with E-state index >= 15 is 0 Å². The van der Waals surface area contributed by atoms with Crippen LogP contribution >= 0.6 is 11.8 Å². The number of nitrogens with zero attached hydrogens (tertiary/aromatic N) is 3. The molecule has 0 spiro atoms. The maximum absolute atomic E-state index is 9.59. The SMILES string of the molecule is COc1ccc([C@H]2N=C(N3CCc4ccccc43)SC(=N)[C@H]2C#N)cc1. The number of anilines is 1. The molecular formula is C20H18N4OS. The fourth-order valence-corrected chi connectivity index (χ4v) is 4.36. The lowest BCUT2D eigenvalue weighted by molar-refractivity contribution is 0.414. The highest BCUT2D eigenvalue weighted by Crippen LogP contribution is 2.39. The van der Waals surface area contributed by atoms with E-state index in [-0.39, 0.29) is 6.04 Å². The number of ether oxygens (including phenoxy) is 1. The number of amidine groups is 1. The van der Waals surface area contributed by atoms with Gasteiger partial charge < -0.3 is 9.64 Å². The van der Waals surface area contributed by atoms with Gasteiger partial charge >= 0.3 is 0 Å². The highest BCUT2D eigenvalue weighted by Gasteiger charge is 2.36. The van der Waals surface area contributed by atoms with Gasteiger partial charge in [-0.15, -0.1) is 0 Å². The van der Waals surface area contributed by atoms with E-state index in [0.717, 1.165) is 35.1 Å². The molecule has 6 heteroatoms. The molecule has 2 aromatic rings. The number of fused-ring (bicyclic) bond motifs is 1. The van der Waals surface area contributed by atoms with Gasteiger partial charge in [0.1, 0.15) is 11.7 Å². The van der Waals surface area contributed by atoms with Crippen molar-refractivity contribution >= 4 is 27.7 Å². The van der Waals surface area contributed by atoms with Crippen LogP contribution in [0.3, 0.4) is 0 Å². The van der Waals surface area contributed by atoms with Crippen molar-refractivity contribution in [1.29, 1.82) is 10.7 Å². The van der Waals surface area contributed by atoms with Crippen molar-refractivity contribution in [1.82, 2.24) is 0 Å². The Morgan fingerprint density at radius 2 is 2.00 bits per heavy atom. The zero-order valence-electron chi connectivity index (χ0n) is 14.3. The van der Waals surface area contributed by atoms with E-state index in [1.807, 2.05) is 36.4 Å². The summed E-state index contributed by atoms with van der Waals surface area (Å²) in [6.07, 6.45) is 0.970. The number of para-hydroxylation sites is 1. The molecule has 0 unspecified atom stereocenters. The lowest BCUT2D eigenvalue weighted by atomic mass is 9.95. The van der Waals surface area contributed by atoms with Gasteiger partial charge in [-0.2, -0.15) is 5.26 Å². The van der Waals surface area contributed by atoms with Crippen molar-refractivity contribution in [2.75, 3.05) is 18.6 Å². The summed E-state index contributed by atoms with van der Waals surface area (Å²) < 4.78 is 5.22. The zero-order valence-corrected chi connectivity index (χ0v) is 15.2. The van der Waals surface area contributed by atoms with Crippen molar-refractivity contribution in [3.8, 4) is 11.8 Å². The lowest BCUT2D eigenvalue weighted by Crippen LogP contribution is -2.34. The second-order valence-electron chi connectivity index (χ2n) is 6.23. The van der Waals surface area contributed by atoms with E-state index in [0.29, 0.717) is 5.04 Å². The van der Waals surface area contributed by atoms with Crippen LogP contribution in [-0.4, -0.2) is 23.9 Å². The van der Waals surface area contributed by atoms with Crippen molar-refractivity contribution in [2.45, 2.75) is 12.5 Å². The average Bonchev–Trinajstić information content (AvgIpc) is 3.11. The number of methoxy groups -OCH3 is 1. The molecule has 5 nitrogen and oxygen atoms in total. The van der Waals surface area contributed by atoms with Crippen LogP contribution in [-0.2, 0) is 6.42 Å². The Hall–Kier alpha value is -2.78. The molecule has 0 bridgehead atoms. The summed E-state index contributed by atoms with van der Waals surface area (Å²) in [5, 5.41) is 19.1. The molecule has 0 fully saturated rings. The van der Waals surface area contributed by atoms with E-state index in [1.165, 1.54) is 17.3 Å². The monoisotopic (exact) mass is 362 g/mol. The molecule has 0 saturated carbocycles.